The minimum Gasteiger partial charge on any atom is -0.394 e. The largest absolute Gasteiger partial charge is 0.394 e. The number of imidazole rings is 1. The highest BCUT2D eigenvalue weighted by Gasteiger charge is 2.48. The number of H-pyrrole nitrogens is 1. The van der Waals surface area contributed by atoms with Crippen LogP contribution in [0, 0.1) is 11.7 Å². The summed E-state index contributed by atoms with van der Waals surface area (Å²) in [6.45, 7) is 0.369. The molecular formula is C29H29F2N9O9S. The van der Waals surface area contributed by atoms with Crippen LogP contribution in [0.3, 0.4) is 0 Å². The summed E-state index contributed by atoms with van der Waals surface area (Å²) < 4.78 is 77.9. The standard InChI is InChI=1S/C29H29F2N9O9S/c1-13-17(9-41)48-29(39-8-15(30)18-24(39)33-11-35-27(18)44)22(13)49-50(45,46)37-7-16-21(42)19(31)28(47-16)40-12-36-20-23(32-10-34-25(20)40)38-26(43)14-5-3-2-4-6-14/h2-6,8,10-13,16-17,19,21-22,28-29,37,41-42H,7,9H2,1H3,(H,33,35,44)(H,32,34,38,43)/t13-,16-,17-,19-,21-,22-,28-,29-/m1/s1. The summed E-state index contributed by atoms with van der Waals surface area (Å²) >= 11 is 0. The van der Waals surface area contributed by atoms with Crippen LogP contribution in [0.2, 0.25) is 0 Å². The van der Waals surface area contributed by atoms with Crippen LogP contribution in [-0.2, 0) is 24.0 Å². The van der Waals surface area contributed by atoms with Crippen LogP contribution < -0.4 is 15.6 Å². The van der Waals surface area contributed by atoms with E-state index in [2.05, 4.69) is 35.0 Å². The van der Waals surface area contributed by atoms with Crippen LogP contribution in [0.15, 0.2) is 60.3 Å². The Morgan fingerprint density at radius 1 is 1.08 bits per heavy atom. The summed E-state index contributed by atoms with van der Waals surface area (Å²) in [6.07, 6.45) is -6.15. The number of carbonyl (C=O) groups excluding carboxylic acids is 1. The van der Waals surface area contributed by atoms with Crippen molar-refractivity contribution >= 4 is 44.2 Å². The van der Waals surface area contributed by atoms with Crippen molar-refractivity contribution in [3.05, 3.63) is 77.2 Å². The molecule has 7 rings (SSSR count). The van der Waals surface area contributed by atoms with Gasteiger partial charge in [0.2, 0.25) is 0 Å². The number of amides is 1. The quantitative estimate of drug-likeness (QED) is 0.131. The lowest BCUT2D eigenvalue weighted by molar-refractivity contribution is -0.0444. The average molecular weight is 718 g/mol. The van der Waals surface area contributed by atoms with Crippen molar-refractivity contribution in [2.45, 2.75) is 50.0 Å². The number of benzene rings is 1. The molecule has 4 aromatic heterocycles. The second kappa shape index (κ2) is 13.2. The van der Waals surface area contributed by atoms with Gasteiger partial charge in [-0.2, -0.15) is 13.1 Å². The summed E-state index contributed by atoms with van der Waals surface area (Å²) in [4.78, 5) is 43.5. The van der Waals surface area contributed by atoms with Gasteiger partial charge in [0, 0.05) is 24.2 Å². The van der Waals surface area contributed by atoms with Crippen LogP contribution in [0.1, 0.15) is 29.7 Å². The number of aliphatic hydroxyl groups is 2. The van der Waals surface area contributed by atoms with E-state index >= 15 is 4.39 Å². The molecule has 2 aliphatic rings. The predicted octanol–water partition coefficient (Wildman–Crippen LogP) is 0.298. The van der Waals surface area contributed by atoms with E-state index in [0.29, 0.717) is 5.56 Å². The van der Waals surface area contributed by atoms with Gasteiger partial charge in [-0.3, -0.25) is 14.2 Å². The Kier molecular flexibility index (Phi) is 8.88. The van der Waals surface area contributed by atoms with Crippen molar-refractivity contribution in [2.75, 3.05) is 18.5 Å². The number of fused-ring (bicyclic) bond motifs is 2. The van der Waals surface area contributed by atoms with Gasteiger partial charge in [0.25, 0.3) is 11.5 Å². The number of ether oxygens (including phenoxy) is 2. The zero-order valence-corrected chi connectivity index (χ0v) is 26.6. The molecule has 5 N–H and O–H groups in total. The minimum absolute atomic E-state index is 0.0445. The number of aliphatic hydroxyl groups excluding tert-OH is 2. The Morgan fingerprint density at radius 3 is 2.60 bits per heavy atom. The molecule has 0 bridgehead atoms. The Bertz CT molecular complexity index is 2220. The molecule has 18 nitrogen and oxygen atoms in total. The summed E-state index contributed by atoms with van der Waals surface area (Å²) in [7, 11) is -4.70. The molecular weight excluding hydrogens is 688 g/mol. The van der Waals surface area contributed by atoms with Gasteiger partial charge in [0.1, 0.15) is 30.0 Å². The van der Waals surface area contributed by atoms with Crippen LogP contribution in [0.5, 0.6) is 0 Å². The third kappa shape index (κ3) is 6.01. The summed E-state index contributed by atoms with van der Waals surface area (Å²) in [5, 5.41) is 22.8. The highest BCUT2D eigenvalue weighted by atomic mass is 32.2. The number of rotatable bonds is 10. The lowest BCUT2D eigenvalue weighted by Crippen LogP contribution is -2.42. The lowest BCUT2D eigenvalue weighted by Gasteiger charge is -2.23. The van der Waals surface area contributed by atoms with E-state index in [-0.39, 0.29) is 28.0 Å². The molecule has 2 fully saturated rings. The number of aromatic nitrogens is 7. The molecule has 264 valence electrons. The number of hydrogen-bond donors (Lipinski definition) is 5. The van der Waals surface area contributed by atoms with E-state index in [1.807, 2.05) is 0 Å². The van der Waals surface area contributed by atoms with Crippen LogP contribution in [0.25, 0.3) is 22.2 Å². The number of hydrogen-bond acceptors (Lipinski definition) is 13. The number of halogens is 2. The number of nitrogens with one attached hydrogen (secondary N) is 3. The molecule has 8 atom stereocenters. The first-order valence-electron chi connectivity index (χ1n) is 15.2. The molecule has 2 aliphatic heterocycles. The average Bonchev–Trinajstić information content (AvgIpc) is 3.84. The molecule has 0 saturated carbocycles. The number of carbonyl (C=O) groups is 1. The highest BCUT2D eigenvalue weighted by Crippen LogP contribution is 2.39. The number of alkyl halides is 1. The van der Waals surface area contributed by atoms with Crippen LogP contribution in [-0.4, -0.2) is 102 Å². The van der Waals surface area contributed by atoms with E-state index in [1.165, 1.54) is 10.9 Å². The fraction of sp³-hybridized carbons (Fsp3) is 0.379. The van der Waals surface area contributed by atoms with E-state index in [9.17, 15) is 32.6 Å². The third-order valence-electron chi connectivity index (χ3n) is 8.62. The Labute approximate surface area is 280 Å². The highest BCUT2D eigenvalue weighted by molar-refractivity contribution is 7.84. The van der Waals surface area contributed by atoms with Gasteiger partial charge in [-0.15, -0.1) is 0 Å². The van der Waals surface area contributed by atoms with Crippen molar-refractivity contribution in [1.82, 2.24) is 38.8 Å². The van der Waals surface area contributed by atoms with E-state index in [1.54, 1.807) is 37.3 Å². The molecule has 6 heterocycles. The Hall–Kier alpha value is -4.77. The fourth-order valence-electron chi connectivity index (χ4n) is 6.02. The molecule has 21 heteroatoms. The minimum atomic E-state index is -4.70. The first kappa shape index (κ1) is 33.7. The van der Waals surface area contributed by atoms with Gasteiger partial charge >= 0.3 is 10.3 Å². The van der Waals surface area contributed by atoms with Gasteiger partial charge < -0.3 is 34.6 Å². The Morgan fingerprint density at radius 2 is 1.84 bits per heavy atom. The lowest BCUT2D eigenvalue weighted by atomic mass is 10.0. The van der Waals surface area contributed by atoms with E-state index in [0.717, 1.165) is 23.4 Å². The van der Waals surface area contributed by atoms with Gasteiger partial charge in [0.15, 0.2) is 47.1 Å². The molecule has 0 spiro atoms. The fourth-order valence-corrected chi connectivity index (χ4v) is 7.02. The number of nitrogens with zero attached hydrogens (tertiary/aromatic N) is 6. The van der Waals surface area contributed by atoms with Gasteiger partial charge in [-0.05, 0) is 12.1 Å². The van der Waals surface area contributed by atoms with Gasteiger partial charge in [0.05, 0.1) is 25.4 Å². The SMILES string of the molecule is C[C@H]1[C@@H](OS(=O)(=O)NC[C@H]2O[C@@H](n3cnc4c(NC(=O)c5ccccc5)ncnc43)[C@H](F)[C@@H]2O)[C@H](n2cc(F)c3c(=O)[nH]cnc32)O[C@@H]1CO. The second-order valence-electron chi connectivity index (χ2n) is 11.7. The maximum atomic E-state index is 15.5. The maximum Gasteiger partial charge on any atom is 0.336 e. The first-order chi connectivity index (χ1) is 24.0. The van der Waals surface area contributed by atoms with Gasteiger partial charge in [-0.1, -0.05) is 25.1 Å². The third-order valence-corrected chi connectivity index (χ3v) is 9.61. The van der Waals surface area contributed by atoms with Crippen molar-refractivity contribution in [2.24, 2.45) is 5.92 Å². The van der Waals surface area contributed by atoms with Crippen molar-refractivity contribution in [3.8, 4) is 0 Å². The number of aromatic amines is 1. The molecule has 5 aromatic rings. The topological polar surface area (TPSA) is 238 Å². The zero-order chi connectivity index (χ0) is 35.3. The van der Waals surface area contributed by atoms with Gasteiger partial charge in [-0.25, -0.2) is 32.9 Å². The summed E-state index contributed by atoms with van der Waals surface area (Å²) in [6, 6.07) is 8.34. The number of anilines is 1. The van der Waals surface area contributed by atoms with Crippen molar-refractivity contribution < 1.29 is 45.9 Å². The second-order valence-corrected chi connectivity index (χ2v) is 13.0. The molecule has 1 amide bonds. The molecule has 0 unspecified atom stereocenters. The maximum absolute atomic E-state index is 15.5. The normalized spacial score (nSPS) is 27.0. The molecule has 1 aromatic carbocycles. The monoisotopic (exact) mass is 717 g/mol. The Balaban J connectivity index is 1.06. The zero-order valence-electron chi connectivity index (χ0n) is 25.8. The summed E-state index contributed by atoms with van der Waals surface area (Å²) in [5.41, 5.74) is -0.380. The molecule has 0 aliphatic carbocycles. The van der Waals surface area contributed by atoms with Crippen molar-refractivity contribution in [3.63, 3.8) is 0 Å². The van der Waals surface area contributed by atoms with Crippen molar-refractivity contribution in [1.29, 1.82) is 0 Å². The first-order valence-corrected chi connectivity index (χ1v) is 16.6. The van der Waals surface area contributed by atoms with E-state index < -0.39 is 89.7 Å². The summed E-state index contributed by atoms with van der Waals surface area (Å²) in [5.74, 6) is -2.13. The van der Waals surface area contributed by atoms with E-state index in [4.69, 9.17) is 13.7 Å². The predicted molar refractivity (Wildman–Crippen MR) is 167 cm³/mol. The smallest absolute Gasteiger partial charge is 0.336 e. The molecule has 0 radical (unpaired) electrons. The molecule has 2 saturated heterocycles. The van der Waals surface area contributed by atoms with Crippen LogP contribution >= 0.6 is 0 Å². The molecule has 50 heavy (non-hydrogen) atoms. The van der Waals surface area contributed by atoms with Crippen LogP contribution in [0.4, 0.5) is 14.6 Å².